The van der Waals surface area contributed by atoms with Crippen LogP contribution in [0.15, 0.2) is 0 Å². The molecule has 1 rings (SSSR count). The molecule has 15 heavy (non-hydrogen) atoms. The van der Waals surface area contributed by atoms with Crippen molar-refractivity contribution in [3.63, 3.8) is 0 Å². The third kappa shape index (κ3) is 2.49. The number of nitrogens with zero attached hydrogens (tertiary/aromatic N) is 2. The van der Waals surface area contributed by atoms with Crippen molar-refractivity contribution >= 4 is 5.91 Å². The van der Waals surface area contributed by atoms with Crippen LogP contribution < -0.4 is 5.73 Å². The Bertz CT molecular complexity index is 230. The lowest BCUT2D eigenvalue weighted by Gasteiger charge is -2.36. The molecule has 1 amide bonds. The van der Waals surface area contributed by atoms with Crippen molar-refractivity contribution in [3.05, 3.63) is 0 Å². The summed E-state index contributed by atoms with van der Waals surface area (Å²) < 4.78 is 0. The zero-order chi connectivity index (χ0) is 11.6. The Kier molecular flexibility index (Phi) is 4.11. The van der Waals surface area contributed by atoms with Crippen LogP contribution in [-0.2, 0) is 4.79 Å². The molecule has 1 heterocycles. The molecule has 2 unspecified atom stereocenters. The molecule has 4 nitrogen and oxygen atoms in total. The van der Waals surface area contributed by atoms with Gasteiger partial charge in [0.05, 0.1) is 0 Å². The summed E-state index contributed by atoms with van der Waals surface area (Å²) in [4.78, 5) is 16.1. The number of nitrogens with two attached hydrogens (primary N) is 1. The summed E-state index contributed by atoms with van der Waals surface area (Å²) in [7, 11) is 1.86. The predicted octanol–water partition coefficient (Wildman–Crippen LogP) is 0.275. The highest BCUT2D eigenvalue weighted by atomic mass is 16.2. The number of hydrogen-bond acceptors (Lipinski definition) is 3. The zero-order valence-electron chi connectivity index (χ0n) is 10.2. The van der Waals surface area contributed by atoms with Gasteiger partial charge in [-0.1, -0.05) is 0 Å². The third-order valence-electron chi connectivity index (χ3n) is 3.23. The van der Waals surface area contributed by atoms with Gasteiger partial charge in [-0.25, -0.2) is 0 Å². The topological polar surface area (TPSA) is 49.6 Å². The molecule has 0 aromatic carbocycles. The van der Waals surface area contributed by atoms with E-state index >= 15 is 0 Å². The van der Waals surface area contributed by atoms with Crippen LogP contribution in [0.2, 0.25) is 0 Å². The largest absolute Gasteiger partial charge is 0.344 e. The molecule has 0 aliphatic carbocycles. The Morgan fingerprint density at radius 3 is 2.60 bits per heavy atom. The summed E-state index contributed by atoms with van der Waals surface area (Å²) in [5.74, 6) is 0.163. The van der Waals surface area contributed by atoms with Crippen molar-refractivity contribution in [3.8, 4) is 0 Å². The number of rotatable bonds is 2. The lowest BCUT2D eigenvalue weighted by molar-refractivity contribution is -0.134. The van der Waals surface area contributed by atoms with Gasteiger partial charge in [-0.2, -0.15) is 0 Å². The van der Waals surface area contributed by atoms with Crippen molar-refractivity contribution in [2.24, 2.45) is 5.73 Å². The van der Waals surface area contributed by atoms with Crippen molar-refractivity contribution in [2.45, 2.75) is 45.3 Å². The highest BCUT2D eigenvalue weighted by molar-refractivity contribution is 5.82. The summed E-state index contributed by atoms with van der Waals surface area (Å²) in [5, 5.41) is 0. The first-order valence-electron chi connectivity index (χ1n) is 5.71. The SMILES string of the molecule is CC(C)N1C(C)CCN(C)C(=O)C1CN. The molecular weight excluding hydrogens is 190 g/mol. The smallest absolute Gasteiger partial charge is 0.240 e. The van der Waals surface area contributed by atoms with E-state index in [0.717, 1.165) is 13.0 Å². The molecule has 0 bridgehead atoms. The maximum Gasteiger partial charge on any atom is 0.240 e. The molecule has 0 radical (unpaired) electrons. The molecule has 1 fully saturated rings. The van der Waals surface area contributed by atoms with Crippen LogP contribution in [0.4, 0.5) is 0 Å². The minimum atomic E-state index is -0.146. The Morgan fingerprint density at radius 2 is 2.13 bits per heavy atom. The molecule has 1 saturated heterocycles. The van der Waals surface area contributed by atoms with E-state index in [0.29, 0.717) is 18.6 Å². The minimum absolute atomic E-state index is 0.146. The van der Waals surface area contributed by atoms with E-state index in [1.807, 2.05) is 7.05 Å². The lowest BCUT2D eigenvalue weighted by Crippen LogP contribution is -2.53. The normalized spacial score (nSPS) is 29.7. The van der Waals surface area contributed by atoms with E-state index < -0.39 is 0 Å². The molecule has 0 aromatic heterocycles. The van der Waals surface area contributed by atoms with E-state index in [1.54, 1.807) is 4.90 Å². The van der Waals surface area contributed by atoms with E-state index in [1.165, 1.54) is 0 Å². The monoisotopic (exact) mass is 213 g/mol. The first-order chi connectivity index (χ1) is 6.99. The average molecular weight is 213 g/mol. The Hall–Kier alpha value is -0.610. The quantitative estimate of drug-likeness (QED) is 0.716. The first-order valence-corrected chi connectivity index (χ1v) is 5.71. The standard InChI is InChI=1S/C11H23N3O/c1-8(2)14-9(3)5-6-13(4)11(15)10(14)7-12/h8-10H,5-7,12H2,1-4H3. The van der Waals surface area contributed by atoms with Crippen LogP contribution in [0.25, 0.3) is 0 Å². The Morgan fingerprint density at radius 1 is 1.53 bits per heavy atom. The van der Waals surface area contributed by atoms with Crippen molar-refractivity contribution in [1.82, 2.24) is 9.80 Å². The Balaban J connectivity index is 2.93. The lowest BCUT2D eigenvalue weighted by atomic mass is 10.1. The highest BCUT2D eigenvalue weighted by Gasteiger charge is 2.34. The molecule has 1 aliphatic rings. The molecule has 2 atom stereocenters. The van der Waals surface area contributed by atoms with Gasteiger partial charge in [0.25, 0.3) is 0 Å². The summed E-state index contributed by atoms with van der Waals surface area (Å²) in [6, 6.07) is 0.643. The van der Waals surface area contributed by atoms with Crippen LogP contribution in [0.5, 0.6) is 0 Å². The average Bonchev–Trinajstić information content (AvgIpc) is 2.29. The fourth-order valence-corrected chi connectivity index (χ4v) is 2.42. The van der Waals surface area contributed by atoms with Gasteiger partial charge < -0.3 is 10.6 Å². The number of likely N-dealkylation sites (N-methyl/N-ethyl adjacent to an activating group) is 1. The summed E-state index contributed by atoms with van der Waals surface area (Å²) in [5.41, 5.74) is 5.73. The molecule has 0 spiro atoms. The maximum atomic E-state index is 12.0. The Labute approximate surface area is 92.4 Å². The van der Waals surface area contributed by atoms with Gasteiger partial charge in [-0.3, -0.25) is 9.69 Å². The first kappa shape index (κ1) is 12.5. The van der Waals surface area contributed by atoms with Crippen molar-refractivity contribution < 1.29 is 4.79 Å². The van der Waals surface area contributed by atoms with Crippen LogP contribution in [0, 0.1) is 0 Å². The number of amides is 1. The van der Waals surface area contributed by atoms with E-state index in [4.69, 9.17) is 5.73 Å². The second-order valence-corrected chi connectivity index (χ2v) is 4.69. The van der Waals surface area contributed by atoms with Crippen molar-refractivity contribution in [1.29, 1.82) is 0 Å². The van der Waals surface area contributed by atoms with Crippen LogP contribution in [0.3, 0.4) is 0 Å². The highest BCUT2D eigenvalue weighted by Crippen LogP contribution is 2.18. The molecule has 4 heteroatoms. The summed E-state index contributed by atoms with van der Waals surface area (Å²) >= 11 is 0. The number of hydrogen-bond donors (Lipinski definition) is 1. The second-order valence-electron chi connectivity index (χ2n) is 4.69. The maximum absolute atomic E-state index is 12.0. The molecular formula is C11H23N3O. The molecule has 88 valence electrons. The van der Waals surface area contributed by atoms with E-state index in [9.17, 15) is 4.79 Å². The van der Waals surface area contributed by atoms with E-state index in [2.05, 4.69) is 25.7 Å². The summed E-state index contributed by atoms with van der Waals surface area (Å²) in [6.07, 6.45) is 1.02. The van der Waals surface area contributed by atoms with E-state index in [-0.39, 0.29) is 11.9 Å². The minimum Gasteiger partial charge on any atom is -0.344 e. The van der Waals surface area contributed by atoms with Gasteiger partial charge in [0.1, 0.15) is 6.04 Å². The molecule has 0 saturated carbocycles. The molecule has 1 aliphatic heterocycles. The predicted molar refractivity (Wildman–Crippen MR) is 61.5 cm³/mol. The van der Waals surface area contributed by atoms with Crippen LogP contribution in [0.1, 0.15) is 27.2 Å². The van der Waals surface area contributed by atoms with Crippen molar-refractivity contribution in [2.75, 3.05) is 20.1 Å². The van der Waals surface area contributed by atoms with Crippen LogP contribution >= 0.6 is 0 Å². The molecule has 0 aromatic rings. The van der Waals surface area contributed by atoms with Gasteiger partial charge in [0, 0.05) is 32.2 Å². The van der Waals surface area contributed by atoms with Gasteiger partial charge in [-0.05, 0) is 27.2 Å². The van der Waals surface area contributed by atoms with Gasteiger partial charge in [-0.15, -0.1) is 0 Å². The second kappa shape index (κ2) is 4.94. The third-order valence-corrected chi connectivity index (χ3v) is 3.23. The summed E-state index contributed by atoms with van der Waals surface area (Å²) in [6.45, 7) is 7.66. The number of carbonyl (C=O) groups excluding carboxylic acids is 1. The van der Waals surface area contributed by atoms with Crippen LogP contribution in [-0.4, -0.2) is 54.0 Å². The van der Waals surface area contributed by atoms with Gasteiger partial charge in [0.15, 0.2) is 0 Å². The van der Waals surface area contributed by atoms with Gasteiger partial charge in [0.2, 0.25) is 5.91 Å². The fraction of sp³-hybridized carbons (Fsp3) is 0.909. The molecule has 2 N–H and O–H groups in total. The number of carbonyl (C=O) groups is 1. The zero-order valence-corrected chi connectivity index (χ0v) is 10.2. The van der Waals surface area contributed by atoms with Gasteiger partial charge >= 0.3 is 0 Å². The fourth-order valence-electron chi connectivity index (χ4n) is 2.42.